The zero-order valence-corrected chi connectivity index (χ0v) is 18.6. The Morgan fingerprint density at radius 1 is 1.18 bits per heavy atom. The molecule has 2 saturated heterocycles. The van der Waals surface area contributed by atoms with Gasteiger partial charge in [-0.15, -0.1) is 0 Å². The molecule has 1 spiro atoms. The molecular weight excluding hydrogens is 441 g/mol. The number of Topliss-reactive ketones (excluding diaryl/α,β-unsaturated/α-hetero) is 1. The molecule has 0 radical (unpaired) electrons. The van der Waals surface area contributed by atoms with E-state index in [0.717, 1.165) is 5.56 Å². The number of hydrogen-bond acceptors (Lipinski definition) is 7. The minimum atomic E-state index is -1.56. The summed E-state index contributed by atoms with van der Waals surface area (Å²) >= 11 is 0. The number of ether oxygens (including phenoxy) is 1. The Bertz CT molecular complexity index is 1350. The number of hydrogen-bond donors (Lipinski definition) is 1. The molecule has 8 nitrogen and oxygen atoms in total. The van der Waals surface area contributed by atoms with Crippen molar-refractivity contribution >= 4 is 34.3 Å². The quantitative estimate of drug-likeness (QED) is 0.437. The van der Waals surface area contributed by atoms with Gasteiger partial charge in [0.05, 0.1) is 35.7 Å². The maximum atomic E-state index is 16.1. The number of anilines is 1. The standard InChI is InChI=1S/C25H22FN3O5/c1-12-11-29-21-15(8-16-20(14-6-4-3-5-7-14)28-34-22(16)19(21)26)10-25(23(29)13(2)33-12)17(30)9-18(31)27-24(25)32/h3-8,12-13,23H,9-11H2,1-2H3,(H,27,31,32)/t12-,13+,23-,25?/m1/s1. The van der Waals surface area contributed by atoms with Crippen LogP contribution in [-0.4, -0.2) is 47.5 Å². The Labute approximate surface area is 194 Å². The molecule has 3 aliphatic rings. The number of benzene rings is 2. The van der Waals surface area contributed by atoms with Crippen molar-refractivity contribution in [3.05, 3.63) is 47.8 Å². The number of fused-ring (bicyclic) bond motifs is 5. The highest BCUT2D eigenvalue weighted by molar-refractivity contribution is 6.22. The van der Waals surface area contributed by atoms with Crippen LogP contribution in [0.1, 0.15) is 25.8 Å². The van der Waals surface area contributed by atoms with Gasteiger partial charge in [0.1, 0.15) is 11.1 Å². The molecule has 1 unspecified atom stereocenters. The topological polar surface area (TPSA) is 102 Å². The van der Waals surface area contributed by atoms with E-state index in [1.165, 1.54) is 0 Å². The van der Waals surface area contributed by atoms with Gasteiger partial charge in [0.15, 0.2) is 11.6 Å². The summed E-state index contributed by atoms with van der Waals surface area (Å²) in [7, 11) is 0. The predicted octanol–water partition coefficient (Wildman–Crippen LogP) is 2.77. The van der Waals surface area contributed by atoms with E-state index in [4.69, 9.17) is 9.26 Å². The molecule has 1 N–H and O–H groups in total. The Balaban J connectivity index is 1.61. The molecule has 0 saturated carbocycles. The number of nitrogens with zero attached hydrogens (tertiary/aromatic N) is 2. The molecule has 9 heteroatoms. The largest absolute Gasteiger partial charge is 0.372 e. The van der Waals surface area contributed by atoms with Gasteiger partial charge < -0.3 is 14.2 Å². The highest BCUT2D eigenvalue weighted by Crippen LogP contribution is 2.50. The highest BCUT2D eigenvalue weighted by Gasteiger charge is 2.62. The van der Waals surface area contributed by atoms with Gasteiger partial charge >= 0.3 is 0 Å². The number of carbonyl (C=O) groups excluding carboxylic acids is 3. The van der Waals surface area contributed by atoms with Crippen LogP contribution >= 0.6 is 0 Å². The first-order valence-corrected chi connectivity index (χ1v) is 11.3. The van der Waals surface area contributed by atoms with Gasteiger partial charge in [0, 0.05) is 12.1 Å². The summed E-state index contributed by atoms with van der Waals surface area (Å²) in [6.45, 7) is 3.91. The molecule has 2 amide bonds. The molecule has 1 aromatic heterocycles. The van der Waals surface area contributed by atoms with Crippen LogP contribution in [0.3, 0.4) is 0 Å². The SMILES string of the molecule is C[C@@H]1CN2c3c(cc4c(-c5ccccc5)noc4c3F)CC3(C(=O)CC(=O)NC3=O)[C@H]2[C@H](C)O1. The van der Waals surface area contributed by atoms with Crippen molar-refractivity contribution in [2.45, 2.75) is 44.9 Å². The van der Waals surface area contributed by atoms with Gasteiger partial charge in [0.25, 0.3) is 0 Å². The third-order valence-corrected chi connectivity index (χ3v) is 7.22. The first kappa shape index (κ1) is 21.0. The van der Waals surface area contributed by atoms with Crippen molar-refractivity contribution in [1.82, 2.24) is 10.5 Å². The van der Waals surface area contributed by atoms with E-state index in [1.54, 1.807) is 17.9 Å². The van der Waals surface area contributed by atoms with E-state index >= 15 is 4.39 Å². The fraction of sp³-hybridized carbons (Fsp3) is 0.360. The number of aromatic nitrogens is 1. The molecular formula is C25H22FN3O5. The lowest BCUT2D eigenvalue weighted by molar-refractivity contribution is -0.158. The van der Waals surface area contributed by atoms with Gasteiger partial charge in [-0.1, -0.05) is 35.5 Å². The van der Waals surface area contributed by atoms with Crippen LogP contribution in [-0.2, 0) is 25.5 Å². The van der Waals surface area contributed by atoms with Crippen molar-refractivity contribution < 1.29 is 28.0 Å². The van der Waals surface area contributed by atoms with Crippen molar-refractivity contribution in [2.24, 2.45) is 5.41 Å². The van der Waals surface area contributed by atoms with Crippen LogP contribution in [0, 0.1) is 11.2 Å². The Kier molecular flexibility index (Phi) is 4.44. The van der Waals surface area contributed by atoms with E-state index < -0.39 is 47.4 Å². The number of morpholine rings is 1. The van der Waals surface area contributed by atoms with Gasteiger partial charge in [-0.05, 0) is 31.9 Å². The number of ketones is 1. The molecule has 6 rings (SSSR count). The normalized spacial score (nSPS) is 28.7. The molecule has 3 aliphatic heterocycles. The smallest absolute Gasteiger partial charge is 0.242 e. The number of nitrogens with one attached hydrogen (secondary N) is 1. The molecule has 4 heterocycles. The monoisotopic (exact) mass is 463 g/mol. The summed E-state index contributed by atoms with van der Waals surface area (Å²) in [5, 5.41) is 6.93. The van der Waals surface area contributed by atoms with Crippen LogP contribution in [0.5, 0.6) is 0 Å². The highest BCUT2D eigenvalue weighted by atomic mass is 19.1. The van der Waals surface area contributed by atoms with Crippen molar-refractivity contribution in [1.29, 1.82) is 0 Å². The zero-order valence-electron chi connectivity index (χ0n) is 18.6. The lowest BCUT2D eigenvalue weighted by Crippen LogP contribution is -2.72. The van der Waals surface area contributed by atoms with Crippen LogP contribution in [0.25, 0.3) is 22.2 Å². The summed E-state index contributed by atoms with van der Waals surface area (Å²) in [6.07, 6.45) is -1.26. The van der Waals surface area contributed by atoms with Crippen LogP contribution < -0.4 is 10.2 Å². The Morgan fingerprint density at radius 3 is 2.68 bits per heavy atom. The fourth-order valence-electron chi connectivity index (χ4n) is 5.95. The lowest BCUT2D eigenvalue weighted by Gasteiger charge is -2.55. The summed E-state index contributed by atoms with van der Waals surface area (Å²) in [5.41, 5.74) is 0.486. The first-order valence-electron chi connectivity index (χ1n) is 11.3. The third kappa shape index (κ3) is 2.73. The molecule has 2 aromatic carbocycles. The van der Waals surface area contributed by atoms with Crippen LogP contribution in [0.2, 0.25) is 0 Å². The molecule has 3 aromatic rings. The average molecular weight is 463 g/mol. The van der Waals surface area contributed by atoms with Crippen molar-refractivity contribution in [3.8, 4) is 11.3 Å². The first-order chi connectivity index (χ1) is 16.3. The second-order valence-corrected chi connectivity index (χ2v) is 9.35. The summed E-state index contributed by atoms with van der Waals surface area (Å²) in [6, 6.07) is 10.3. The Morgan fingerprint density at radius 2 is 1.94 bits per heavy atom. The summed E-state index contributed by atoms with van der Waals surface area (Å²) in [5.74, 6) is -2.33. The average Bonchev–Trinajstić information content (AvgIpc) is 3.21. The molecule has 34 heavy (non-hydrogen) atoms. The number of amides is 2. The fourth-order valence-corrected chi connectivity index (χ4v) is 5.95. The lowest BCUT2D eigenvalue weighted by atomic mass is 9.63. The number of piperidine rings is 1. The van der Waals surface area contributed by atoms with E-state index in [0.29, 0.717) is 22.3 Å². The molecule has 174 valence electrons. The van der Waals surface area contributed by atoms with Gasteiger partial charge in [-0.3, -0.25) is 19.7 Å². The van der Waals surface area contributed by atoms with E-state index in [2.05, 4.69) is 10.5 Å². The molecule has 2 fully saturated rings. The van der Waals surface area contributed by atoms with Crippen LogP contribution in [0.15, 0.2) is 40.9 Å². The van der Waals surface area contributed by atoms with Gasteiger partial charge in [0.2, 0.25) is 17.4 Å². The molecule has 0 aliphatic carbocycles. The van der Waals surface area contributed by atoms with Crippen molar-refractivity contribution in [3.63, 3.8) is 0 Å². The second-order valence-electron chi connectivity index (χ2n) is 9.35. The van der Waals surface area contributed by atoms with Gasteiger partial charge in [-0.25, -0.2) is 4.39 Å². The maximum absolute atomic E-state index is 16.1. The van der Waals surface area contributed by atoms with E-state index in [9.17, 15) is 14.4 Å². The minimum Gasteiger partial charge on any atom is -0.372 e. The summed E-state index contributed by atoms with van der Waals surface area (Å²) < 4.78 is 27.5. The van der Waals surface area contributed by atoms with E-state index in [-0.39, 0.29) is 24.7 Å². The van der Waals surface area contributed by atoms with Gasteiger partial charge in [-0.2, -0.15) is 0 Å². The second kappa shape index (κ2) is 7.20. The third-order valence-electron chi connectivity index (χ3n) is 7.22. The van der Waals surface area contributed by atoms with E-state index in [1.807, 2.05) is 37.3 Å². The maximum Gasteiger partial charge on any atom is 0.242 e. The molecule has 4 atom stereocenters. The van der Waals surface area contributed by atoms with Crippen molar-refractivity contribution in [2.75, 3.05) is 11.4 Å². The minimum absolute atomic E-state index is 0.0219. The number of imide groups is 1. The number of rotatable bonds is 1. The summed E-state index contributed by atoms with van der Waals surface area (Å²) in [4.78, 5) is 40.4. The Hall–Kier alpha value is -3.59. The number of carbonyl (C=O) groups is 3. The number of halogens is 1. The zero-order chi connectivity index (χ0) is 23.8. The van der Waals surface area contributed by atoms with Crippen LogP contribution in [0.4, 0.5) is 10.1 Å². The molecule has 0 bridgehead atoms. The predicted molar refractivity (Wildman–Crippen MR) is 119 cm³/mol.